The standard InChI is InChI=1S/C15H24O2/c1-9-5-6-12-11(7-9)13(15(12,3)4)8-10(2)14(16)17/h9,11-13H,2,5-8H2,1,3-4H3,(H,16,17)/t9-,11-,12+,13-/m0/s1. The van der Waals surface area contributed by atoms with E-state index in [0.29, 0.717) is 23.3 Å². The molecule has 0 spiro atoms. The van der Waals surface area contributed by atoms with Crippen molar-refractivity contribution in [2.75, 3.05) is 0 Å². The van der Waals surface area contributed by atoms with Crippen LogP contribution in [-0.2, 0) is 4.79 Å². The Hall–Kier alpha value is -0.790. The van der Waals surface area contributed by atoms with Crippen LogP contribution >= 0.6 is 0 Å². The van der Waals surface area contributed by atoms with Crippen LogP contribution in [0.5, 0.6) is 0 Å². The summed E-state index contributed by atoms with van der Waals surface area (Å²) in [4.78, 5) is 10.9. The van der Waals surface area contributed by atoms with Crippen molar-refractivity contribution in [2.24, 2.45) is 29.1 Å². The minimum Gasteiger partial charge on any atom is -0.478 e. The number of aliphatic carboxylic acids is 1. The second-order valence-corrected chi connectivity index (χ2v) is 6.73. The lowest BCUT2D eigenvalue weighted by Gasteiger charge is -2.62. The zero-order chi connectivity index (χ0) is 12.8. The molecule has 2 aliphatic rings. The monoisotopic (exact) mass is 236 g/mol. The van der Waals surface area contributed by atoms with E-state index in [2.05, 4.69) is 27.4 Å². The Balaban J connectivity index is 2.06. The van der Waals surface area contributed by atoms with E-state index in [-0.39, 0.29) is 0 Å². The van der Waals surface area contributed by atoms with Gasteiger partial charge in [0.25, 0.3) is 0 Å². The van der Waals surface area contributed by atoms with Gasteiger partial charge in [0.1, 0.15) is 0 Å². The van der Waals surface area contributed by atoms with Crippen LogP contribution in [0.25, 0.3) is 0 Å². The van der Waals surface area contributed by atoms with Gasteiger partial charge < -0.3 is 5.11 Å². The van der Waals surface area contributed by atoms with Crippen LogP contribution in [0.4, 0.5) is 0 Å². The Kier molecular flexibility index (Phi) is 3.09. The summed E-state index contributed by atoms with van der Waals surface area (Å²) in [6.07, 6.45) is 4.63. The van der Waals surface area contributed by atoms with Gasteiger partial charge in [0.05, 0.1) is 0 Å². The summed E-state index contributed by atoms with van der Waals surface area (Å²) >= 11 is 0. The van der Waals surface area contributed by atoms with E-state index in [4.69, 9.17) is 5.11 Å². The van der Waals surface area contributed by atoms with Crippen molar-refractivity contribution >= 4 is 5.97 Å². The molecular formula is C15H24O2. The Bertz CT molecular complexity index is 343. The lowest BCUT2D eigenvalue weighted by atomic mass is 9.43. The Morgan fingerprint density at radius 3 is 2.65 bits per heavy atom. The van der Waals surface area contributed by atoms with Crippen LogP contribution in [0.3, 0.4) is 0 Å². The highest BCUT2D eigenvalue weighted by Crippen LogP contribution is 2.63. The number of carboxylic acids is 1. The van der Waals surface area contributed by atoms with Crippen molar-refractivity contribution in [3.8, 4) is 0 Å². The Labute approximate surface area is 104 Å². The van der Waals surface area contributed by atoms with Crippen LogP contribution in [-0.4, -0.2) is 11.1 Å². The Morgan fingerprint density at radius 2 is 2.06 bits per heavy atom. The quantitative estimate of drug-likeness (QED) is 0.758. The predicted molar refractivity (Wildman–Crippen MR) is 68.7 cm³/mol. The number of carboxylic acid groups (broad SMARTS) is 1. The van der Waals surface area contributed by atoms with Crippen LogP contribution in [0, 0.1) is 29.1 Å². The van der Waals surface area contributed by atoms with Gasteiger partial charge in [0.15, 0.2) is 0 Å². The van der Waals surface area contributed by atoms with E-state index >= 15 is 0 Å². The summed E-state index contributed by atoms with van der Waals surface area (Å²) in [5, 5.41) is 8.97. The molecule has 0 aromatic rings. The topological polar surface area (TPSA) is 37.3 Å². The van der Waals surface area contributed by atoms with Crippen molar-refractivity contribution in [3.05, 3.63) is 12.2 Å². The third-order valence-corrected chi connectivity index (χ3v) is 5.36. The molecule has 2 heteroatoms. The first kappa shape index (κ1) is 12.7. The molecule has 1 N–H and O–H groups in total. The molecule has 2 rings (SSSR count). The largest absolute Gasteiger partial charge is 0.478 e. The molecule has 2 aliphatic carbocycles. The van der Waals surface area contributed by atoms with E-state index in [1.807, 2.05) is 0 Å². The van der Waals surface area contributed by atoms with E-state index in [9.17, 15) is 4.79 Å². The zero-order valence-electron chi connectivity index (χ0n) is 11.2. The first-order valence-electron chi connectivity index (χ1n) is 6.75. The molecule has 0 aromatic carbocycles. The van der Waals surface area contributed by atoms with Gasteiger partial charge in [-0.1, -0.05) is 33.8 Å². The molecule has 2 saturated carbocycles. The summed E-state index contributed by atoms with van der Waals surface area (Å²) in [6.45, 7) is 10.6. The van der Waals surface area contributed by atoms with Crippen LogP contribution in [0.1, 0.15) is 46.5 Å². The summed E-state index contributed by atoms with van der Waals surface area (Å²) in [5.41, 5.74) is 0.697. The van der Waals surface area contributed by atoms with Gasteiger partial charge in [-0.3, -0.25) is 0 Å². The van der Waals surface area contributed by atoms with Crippen LogP contribution < -0.4 is 0 Å². The first-order valence-corrected chi connectivity index (χ1v) is 6.75. The molecular weight excluding hydrogens is 212 g/mol. The molecule has 0 saturated heterocycles. The summed E-state index contributed by atoms with van der Waals surface area (Å²) in [6, 6.07) is 0. The molecule has 0 heterocycles. The molecule has 17 heavy (non-hydrogen) atoms. The van der Waals surface area contributed by atoms with Gasteiger partial charge in [-0.05, 0) is 48.3 Å². The summed E-state index contributed by atoms with van der Waals surface area (Å²) in [5.74, 6) is 2.06. The molecule has 0 bridgehead atoms. The van der Waals surface area contributed by atoms with E-state index < -0.39 is 5.97 Å². The fraction of sp³-hybridized carbons (Fsp3) is 0.800. The SMILES string of the molecule is C=C(C[C@H]1[C@H]2C[C@@H](C)CC[C@H]2C1(C)C)C(=O)O. The van der Waals surface area contributed by atoms with Gasteiger partial charge in [-0.15, -0.1) is 0 Å². The highest BCUT2D eigenvalue weighted by atomic mass is 16.4. The predicted octanol–water partition coefficient (Wildman–Crippen LogP) is 3.73. The number of hydrogen-bond acceptors (Lipinski definition) is 1. The number of hydrogen-bond donors (Lipinski definition) is 1. The molecule has 4 atom stereocenters. The van der Waals surface area contributed by atoms with Gasteiger partial charge >= 0.3 is 5.97 Å². The number of rotatable bonds is 3. The highest BCUT2D eigenvalue weighted by molar-refractivity contribution is 5.85. The lowest BCUT2D eigenvalue weighted by molar-refractivity contribution is -0.140. The molecule has 0 amide bonds. The smallest absolute Gasteiger partial charge is 0.330 e. The first-order chi connectivity index (χ1) is 7.84. The average Bonchev–Trinajstić information content (AvgIpc) is 2.24. The number of fused-ring (bicyclic) bond motifs is 1. The fourth-order valence-corrected chi connectivity index (χ4v) is 4.27. The summed E-state index contributed by atoms with van der Waals surface area (Å²) in [7, 11) is 0. The van der Waals surface area contributed by atoms with Crippen LogP contribution in [0.15, 0.2) is 12.2 Å². The van der Waals surface area contributed by atoms with Gasteiger partial charge in [-0.2, -0.15) is 0 Å². The fourth-order valence-electron chi connectivity index (χ4n) is 4.27. The minimum atomic E-state index is -0.826. The third kappa shape index (κ3) is 2.02. The normalized spacial score (nSPS) is 39.0. The maximum atomic E-state index is 10.9. The molecule has 2 fully saturated rings. The van der Waals surface area contributed by atoms with Crippen molar-refractivity contribution in [2.45, 2.75) is 46.5 Å². The van der Waals surface area contributed by atoms with E-state index in [1.165, 1.54) is 19.3 Å². The molecule has 0 radical (unpaired) electrons. The maximum absolute atomic E-state index is 10.9. The second-order valence-electron chi connectivity index (χ2n) is 6.73. The van der Waals surface area contributed by atoms with Crippen molar-refractivity contribution in [3.63, 3.8) is 0 Å². The van der Waals surface area contributed by atoms with Crippen molar-refractivity contribution < 1.29 is 9.90 Å². The van der Waals surface area contributed by atoms with E-state index in [0.717, 1.165) is 17.8 Å². The Morgan fingerprint density at radius 1 is 1.41 bits per heavy atom. The average molecular weight is 236 g/mol. The molecule has 0 aromatic heterocycles. The molecule has 96 valence electrons. The van der Waals surface area contributed by atoms with Crippen LogP contribution in [0.2, 0.25) is 0 Å². The van der Waals surface area contributed by atoms with Gasteiger partial charge in [-0.25, -0.2) is 4.79 Å². The second kappa shape index (κ2) is 4.15. The number of carbonyl (C=O) groups is 1. The summed E-state index contributed by atoms with van der Waals surface area (Å²) < 4.78 is 0. The maximum Gasteiger partial charge on any atom is 0.330 e. The highest BCUT2D eigenvalue weighted by Gasteiger charge is 2.56. The molecule has 0 unspecified atom stereocenters. The molecule has 0 aliphatic heterocycles. The van der Waals surface area contributed by atoms with Gasteiger partial charge in [0.2, 0.25) is 0 Å². The third-order valence-electron chi connectivity index (χ3n) is 5.36. The molecule has 2 nitrogen and oxygen atoms in total. The van der Waals surface area contributed by atoms with Crippen molar-refractivity contribution in [1.29, 1.82) is 0 Å². The zero-order valence-corrected chi connectivity index (χ0v) is 11.2. The van der Waals surface area contributed by atoms with Gasteiger partial charge in [0, 0.05) is 5.57 Å². The minimum absolute atomic E-state index is 0.309. The van der Waals surface area contributed by atoms with E-state index in [1.54, 1.807) is 0 Å². The van der Waals surface area contributed by atoms with Crippen molar-refractivity contribution in [1.82, 2.24) is 0 Å². The lowest BCUT2D eigenvalue weighted by Crippen LogP contribution is -2.55.